The van der Waals surface area contributed by atoms with Crippen LogP contribution in [0.25, 0.3) is 0 Å². The third-order valence-electron chi connectivity index (χ3n) is 4.26. The van der Waals surface area contributed by atoms with Crippen LogP contribution in [0, 0.1) is 0 Å². The Balaban J connectivity index is 1.74. The summed E-state index contributed by atoms with van der Waals surface area (Å²) in [6.07, 6.45) is 2.04. The molecule has 0 bridgehead atoms. The molecule has 144 valence electrons. The molecule has 7 nitrogen and oxygen atoms in total. The number of ether oxygens (including phenoxy) is 1. The maximum atomic E-state index is 12.5. The van der Waals surface area contributed by atoms with Crippen molar-refractivity contribution in [2.75, 3.05) is 12.4 Å². The normalized spacial score (nSPS) is 15.2. The van der Waals surface area contributed by atoms with Crippen molar-refractivity contribution in [3.05, 3.63) is 54.1 Å². The summed E-state index contributed by atoms with van der Waals surface area (Å²) in [5, 5.41) is 2.68. The van der Waals surface area contributed by atoms with Gasteiger partial charge in [-0.2, -0.15) is 0 Å². The Labute approximate surface area is 159 Å². The summed E-state index contributed by atoms with van der Waals surface area (Å²) in [5.41, 5.74) is 7.28. The Kier molecular flexibility index (Phi) is 5.79. The van der Waals surface area contributed by atoms with Gasteiger partial charge in [0, 0.05) is 11.7 Å². The van der Waals surface area contributed by atoms with Crippen molar-refractivity contribution in [2.24, 2.45) is 5.73 Å². The van der Waals surface area contributed by atoms with Crippen LogP contribution < -0.4 is 20.5 Å². The molecular formula is C19H23N3O4S. The second-order valence-electron chi connectivity index (χ2n) is 6.55. The highest BCUT2D eigenvalue weighted by Crippen LogP contribution is 2.29. The van der Waals surface area contributed by atoms with Crippen molar-refractivity contribution >= 4 is 21.6 Å². The second kappa shape index (κ2) is 8.08. The molecule has 1 fully saturated rings. The first kappa shape index (κ1) is 19.3. The molecule has 1 saturated carbocycles. The minimum atomic E-state index is -3.72. The minimum Gasteiger partial charge on any atom is -0.495 e. The molecule has 1 amide bonds. The number of hydrogen-bond donors (Lipinski definition) is 3. The van der Waals surface area contributed by atoms with E-state index in [1.54, 1.807) is 6.07 Å². The molecule has 2 aromatic rings. The number of nitrogens with one attached hydrogen (secondary N) is 2. The highest BCUT2D eigenvalue weighted by Gasteiger charge is 2.30. The quantitative estimate of drug-likeness (QED) is 0.636. The lowest BCUT2D eigenvalue weighted by molar-refractivity contribution is -0.117. The fraction of sp³-hybridized carbons (Fsp3) is 0.316. The van der Waals surface area contributed by atoms with Crippen molar-refractivity contribution < 1.29 is 17.9 Å². The number of rotatable bonds is 8. The van der Waals surface area contributed by atoms with Crippen molar-refractivity contribution in [1.82, 2.24) is 4.72 Å². The molecule has 0 spiro atoms. The summed E-state index contributed by atoms with van der Waals surface area (Å²) >= 11 is 0. The Morgan fingerprint density at radius 1 is 1.22 bits per heavy atom. The molecule has 2 aromatic carbocycles. The van der Waals surface area contributed by atoms with Crippen molar-refractivity contribution in [1.29, 1.82) is 0 Å². The predicted octanol–water partition coefficient (Wildman–Crippen LogP) is 1.64. The number of sulfonamides is 1. The van der Waals surface area contributed by atoms with E-state index in [1.165, 1.54) is 19.2 Å². The molecule has 0 aromatic heterocycles. The number of carbonyl (C=O) groups excluding carboxylic acids is 1. The van der Waals surface area contributed by atoms with Gasteiger partial charge in [0.15, 0.2) is 0 Å². The lowest BCUT2D eigenvalue weighted by atomic mass is 10.1. The second-order valence-corrected chi connectivity index (χ2v) is 8.23. The van der Waals surface area contributed by atoms with Gasteiger partial charge in [-0.25, -0.2) is 13.1 Å². The van der Waals surface area contributed by atoms with Crippen LogP contribution in [0.1, 0.15) is 18.4 Å². The summed E-state index contributed by atoms with van der Waals surface area (Å²) in [4.78, 5) is 12.4. The molecule has 4 N–H and O–H groups in total. The Hall–Kier alpha value is -2.42. The van der Waals surface area contributed by atoms with Gasteiger partial charge in [-0.15, -0.1) is 0 Å². The van der Waals surface area contributed by atoms with Crippen LogP contribution in [0.15, 0.2) is 53.4 Å². The summed E-state index contributed by atoms with van der Waals surface area (Å²) in [6.45, 7) is 0. The lowest BCUT2D eigenvalue weighted by Crippen LogP contribution is -2.37. The molecule has 0 saturated heterocycles. The van der Waals surface area contributed by atoms with Gasteiger partial charge in [-0.1, -0.05) is 30.3 Å². The maximum Gasteiger partial charge on any atom is 0.244 e. The van der Waals surface area contributed by atoms with E-state index in [9.17, 15) is 13.2 Å². The van der Waals surface area contributed by atoms with Gasteiger partial charge in [0.25, 0.3) is 0 Å². The molecule has 1 atom stereocenters. The molecule has 0 heterocycles. The van der Waals surface area contributed by atoms with E-state index in [0.717, 1.165) is 18.4 Å². The summed E-state index contributed by atoms with van der Waals surface area (Å²) in [6, 6.07) is 13.2. The van der Waals surface area contributed by atoms with E-state index in [2.05, 4.69) is 10.0 Å². The smallest absolute Gasteiger partial charge is 0.244 e. The molecule has 8 heteroatoms. The minimum absolute atomic E-state index is 0.00803. The largest absolute Gasteiger partial charge is 0.495 e. The van der Waals surface area contributed by atoms with Gasteiger partial charge in [-0.3, -0.25) is 4.79 Å². The van der Waals surface area contributed by atoms with Gasteiger partial charge < -0.3 is 15.8 Å². The van der Waals surface area contributed by atoms with Crippen LogP contribution in [0.3, 0.4) is 0 Å². The third kappa shape index (κ3) is 5.06. The van der Waals surface area contributed by atoms with Crippen molar-refractivity contribution in [3.8, 4) is 5.75 Å². The van der Waals surface area contributed by atoms with E-state index in [0.29, 0.717) is 12.1 Å². The lowest BCUT2D eigenvalue weighted by Gasteiger charge is -2.15. The molecule has 1 aliphatic rings. The standard InChI is InChI=1S/C19H23N3O4S/c1-26-17-10-9-15(12-18(17)27(24,25)22-14-7-8-14)21-19(23)16(20)11-13-5-3-2-4-6-13/h2-6,9-10,12,14,16,22H,7-8,11,20H2,1H3,(H,21,23)/t16-/m0/s1. The molecular weight excluding hydrogens is 366 g/mol. The number of anilines is 1. The average Bonchev–Trinajstić information content (AvgIpc) is 3.45. The van der Waals surface area contributed by atoms with E-state index in [4.69, 9.17) is 10.5 Å². The maximum absolute atomic E-state index is 12.5. The molecule has 0 aliphatic heterocycles. The number of carbonyl (C=O) groups is 1. The number of amides is 1. The molecule has 3 rings (SSSR count). The van der Waals surface area contributed by atoms with E-state index in [-0.39, 0.29) is 22.6 Å². The summed E-state index contributed by atoms with van der Waals surface area (Å²) in [7, 11) is -2.32. The third-order valence-corrected chi connectivity index (χ3v) is 5.80. The number of nitrogens with two attached hydrogens (primary N) is 1. The summed E-state index contributed by atoms with van der Waals surface area (Å²) in [5.74, 6) is -0.169. The fourth-order valence-electron chi connectivity index (χ4n) is 2.64. The first-order valence-electron chi connectivity index (χ1n) is 8.70. The van der Waals surface area contributed by atoms with E-state index in [1.807, 2.05) is 30.3 Å². The van der Waals surface area contributed by atoms with Crippen LogP contribution in [-0.4, -0.2) is 33.5 Å². The Morgan fingerprint density at radius 2 is 1.93 bits per heavy atom. The van der Waals surface area contributed by atoms with Gasteiger partial charge in [0.2, 0.25) is 15.9 Å². The molecule has 1 aliphatic carbocycles. The SMILES string of the molecule is COc1ccc(NC(=O)[C@@H](N)Cc2ccccc2)cc1S(=O)(=O)NC1CC1. The Morgan fingerprint density at radius 3 is 2.56 bits per heavy atom. The highest BCUT2D eigenvalue weighted by atomic mass is 32.2. The van der Waals surface area contributed by atoms with Crippen LogP contribution in [0.2, 0.25) is 0 Å². The number of methoxy groups -OCH3 is 1. The topological polar surface area (TPSA) is 111 Å². The Bertz CT molecular complexity index is 912. The fourth-order valence-corrected chi connectivity index (χ4v) is 4.14. The van der Waals surface area contributed by atoms with Gasteiger partial charge >= 0.3 is 0 Å². The monoisotopic (exact) mass is 389 g/mol. The molecule has 0 unspecified atom stereocenters. The van der Waals surface area contributed by atoms with Gasteiger partial charge in [0.05, 0.1) is 13.2 Å². The van der Waals surface area contributed by atoms with Crippen LogP contribution in [-0.2, 0) is 21.2 Å². The van der Waals surface area contributed by atoms with E-state index >= 15 is 0 Å². The van der Waals surface area contributed by atoms with E-state index < -0.39 is 16.1 Å². The molecule has 27 heavy (non-hydrogen) atoms. The summed E-state index contributed by atoms with van der Waals surface area (Å²) < 4.78 is 32.9. The zero-order valence-corrected chi connectivity index (χ0v) is 15.8. The van der Waals surface area contributed by atoms with Crippen molar-refractivity contribution in [3.63, 3.8) is 0 Å². The number of hydrogen-bond acceptors (Lipinski definition) is 5. The molecule has 0 radical (unpaired) electrons. The zero-order chi connectivity index (χ0) is 19.4. The average molecular weight is 389 g/mol. The van der Waals surface area contributed by atoms with Crippen LogP contribution in [0.5, 0.6) is 5.75 Å². The van der Waals surface area contributed by atoms with Crippen LogP contribution >= 0.6 is 0 Å². The first-order valence-corrected chi connectivity index (χ1v) is 10.2. The van der Waals surface area contributed by atoms with Crippen molar-refractivity contribution in [2.45, 2.75) is 36.2 Å². The van der Waals surface area contributed by atoms with Gasteiger partial charge in [0.1, 0.15) is 10.6 Å². The zero-order valence-electron chi connectivity index (χ0n) is 15.0. The first-order chi connectivity index (χ1) is 12.9. The number of benzene rings is 2. The van der Waals surface area contributed by atoms with Crippen LogP contribution in [0.4, 0.5) is 5.69 Å². The predicted molar refractivity (Wildman–Crippen MR) is 103 cm³/mol. The highest BCUT2D eigenvalue weighted by molar-refractivity contribution is 7.89. The van der Waals surface area contributed by atoms with Gasteiger partial charge in [-0.05, 0) is 43.0 Å².